The van der Waals surface area contributed by atoms with Crippen LogP contribution in [0.25, 0.3) is 0 Å². The molecule has 0 bridgehead atoms. The van der Waals surface area contributed by atoms with Gasteiger partial charge in [-0.05, 0) is 24.6 Å². The summed E-state index contributed by atoms with van der Waals surface area (Å²) in [7, 11) is -4.02. The number of carbonyl (C=O) groups excluding carboxylic acids is 1. The maximum Gasteiger partial charge on any atom is 0.422 e. The van der Waals surface area contributed by atoms with Crippen LogP contribution in [0, 0.1) is 11.3 Å². The van der Waals surface area contributed by atoms with Crippen LogP contribution in [0.2, 0.25) is 0 Å². The van der Waals surface area contributed by atoms with Crippen molar-refractivity contribution in [2.24, 2.45) is 0 Å². The molecule has 0 aromatic heterocycles. The first-order chi connectivity index (χ1) is 8.96. The molecule has 1 aromatic carbocycles. The quantitative estimate of drug-likeness (QED) is 0.842. The lowest BCUT2D eigenvalue weighted by atomic mass is 10.1. The summed E-state index contributed by atoms with van der Waals surface area (Å²) in [5.41, 5.74) is 1.04. The number of benzene rings is 1. The second kappa shape index (κ2) is 6.61. The van der Waals surface area contributed by atoms with Crippen LogP contribution in [0.15, 0.2) is 24.3 Å². The van der Waals surface area contributed by atoms with Gasteiger partial charge < -0.3 is 4.74 Å². The fourth-order valence-corrected chi connectivity index (χ4v) is 2.01. The standard InChI is InChI=1S/C11H13N3O4S/c1-2-18-11(15)14-19(16,17)13-10-5-3-9(4-6-10)7-8-12/h3-6,13H,2,7H2,1H3,(H,14,15). The summed E-state index contributed by atoms with van der Waals surface area (Å²) in [5.74, 6) is 0. The van der Waals surface area contributed by atoms with E-state index in [-0.39, 0.29) is 18.7 Å². The van der Waals surface area contributed by atoms with Crippen LogP contribution in [0.1, 0.15) is 12.5 Å². The van der Waals surface area contributed by atoms with Gasteiger partial charge in [-0.25, -0.2) is 9.52 Å². The van der Waals surface area contributed by atoms with Gasteiger partial charge >= 0.3 is 16.3 Å². The molecule has 0 spiro atoms. The summed E-state index contributed by atoms with van der Waals surface area (Å²) in [6.07, 6.45) is -0.801. The van der Waals surface area contributed by atoms with E-state index in [1.54, 1.807) is 23.8 Å². The number of ether oxygens (including phenoxy) is 1. The normalized spacial score (nSPS) is 10.3. The number of nitrogens with zero attached hydrogens (tertiary/aromatic N) is 1. The molecule has 1 rings (SSSR count). The molecule has 0 radical (unpaired) electrons. The van der Waals surface area contributed by atoms with E-state index in [1.165, 1.54) is 12.1 Å². The highest BCUT2D eigenvalue weighted by molar-refractivity contribution is 7.91. The molecular formula is C11H13N3O4S. The Balaban J connectivity index is 2.68. The van der Waals surface area contributed by atoms with Crippen LogP contribution in [0.4, 0.5) is 10.5 Å². The highest BCUT2D eigenvalue weighted by atomic mass is 32.2. The Morgan fingerprint density at radius 2 is 2.00 bits per heavy atom. The number of nitriles is 1. The first-order valence-corrected chi connectivity index (χ1v) is 6.88. The van der Waals surface area contributed by atoms with Gasteiger partial charge in [0.1, 0.15) is 0 Å². The number of carbonyl (C=O) groups is 1. The third-order valence-corrected chi connectivity index (χ3v) is 2.92. The van der Waals surface area contributed by atoms with Gasteiger partial charge in [-0.15, -0.1) is 0 Å². The summed E-state index contributed by atoms with van der Waals surface area (Å²) in [5, 5.41) is 8.50. The average Bonchev–Trinajstić information content (AvgIpc) is 2.31. The first-order valence-electron chi connectivity index (χ1n) is 5.40. The van der Waals surface area contributed by atoms with Crippen molar-refractivity contribution in [2.75, 3.05) is 11.3 Å². The average molecular weight is 283 g/mol. The van der Waals surface area contributed by atoms with Gasteiger partial charge in [0, 0.05) is 0 Å². The molecule has 1 amide bonds. The number of hydrogen-bond acceptors (Lipinski definition) is 5. The van der Waals surface area contributed by atoms with Crippen molar-refractivity contribution in [1.82, 2.24) is 4.72 Å². The topological polar surface area (TPSA) is 108 Å². The first kappa shape index (κ1) is 14.8. The third-order valence-electron chi connectivity index (χ3n) is 1.98. The predicted octanol–water partition coefficient (Wildman–Crippen LogP) is 1.16. The summed E-state index contributed by atoms with van der Waals surface area (Å²) in [6.45, 7) is 1.64. The molecule has 1 aromatic rings. The summed E-state index contributed by atoms with van der Waals surface area (Å²) in [6, 6.07) is 8.21. The highest BCUT2D eigenvalue weighted by Gasteiger charge is 2.14. The summed E-state index contributed by atoms with van der Waals surface area (Å²) in [4.78, 5) is 11.0. The Kier molecular flexibility index (Phi) is 5.14. The number of amides is 1. The van der Waals surface area contributed by atoms with Gasteiger partial charge in [0.15, 0.2) is 0 Å². The molecule has 0 unspecified atom stereocenters. The Bertz CT molecular complexity index is 575. The van der Waals surface area contributed by atoms with E-state index in [0.29, 0.717) is 0 Å². The molecule has 102 valence electrons. The maximum absolute atomic E-state index is 11.5. The van der Waals surface area contributed by atoms with Gasteiger partial charge in [-0.1, -0.05) is 12.1 Å². The van der Waals surface area contributed by atoms with Gasteiger partial charge in [0.2, 0.25) is 0 Å². The smallest absolute Gasteiger partial charge is 0.422 e. The van der Waals surface area contributed by atoms with E-state index in [1.807, 2.05) is 6.07 Å². The van der Waals surface area contributed by atoms with E-state index in [2.05, 4.69) is 9.46 Å². The van der Waals surface area contributed by atoms with E-state index in [4.69, 9.17) is 5.26 Å². The number of anilines is 1. The Morgan fingerprint density at radius 1 is 1.37 bits per heavy atom. The Morgan fingerprint density at radius 3 is 2.53 bits per heavy atom. The molecule has 0 heterocycles. The lowest BCUT2D eigenvalue weighted by Gasteiger charge is -2.09. The number of rotatable bonds is 5. The summed E-state index contributed by atoms with van der Waals surface area (Å²) < 4.78 is 31.3. The molecule has 19 heavy (non-hydrogen) atoms. The molecule has 8 heteroatoms. The lowest BCUT2D eigenvalue weighted by Crippen LogP contribution is -2.35. The molecule has 0 saturated heterocycles. The van der Waals surface area contributed by atoms with Gasteiger partial charge in [-0.3, -0.25) is 4.72 Å². The fourth-order valence-electron chi connectivity index (χ4n) is 1.23. The zero-order valence-corrected chi connectivity index (χ0v) is 11.0. The molecule has 0 aliphatic carbocycles. The second-order valence-corrected chi connectivity index (χ2v) is 4.87. The maximum atomic E-state index is 11.5. The van der Waals surface area contributed by atoms with Crippen molar-refractivity contribution in [2.45, 2.75) is 13.3 Å². The van der Waals surface area contributed by atoms with Gasteiger partial charge in [-0.2, -0.15) is 13.7 Å². The fraction of sp³-hybridized carbons (Fsp3) is 0.273. The zero-order valence-electron chi connectivity index (χ0n) is 10.2. The van der Waals surface area contributed by atoms with Crippen LogP contribution in [-0.2, 0) is 21.4 Å². The van der Waals surface area contributed by atoms with Gasteiger partial charge in [0.25, 0.3) is 0 Å². The van der Waals surface area contributed by atoms with Crippen molar-refractivity contribution < 1.29 is 17.9 Å². The van der Waals surface area contributed by atoms with Crippen LogP contribution >= 0.6 is 0 Å². The zero-order chi connectivity index (χ0) is 14.3. The number of nitrogens with one attached hydrogen (secondary N) is 2. The monoisotopic (exact) mass is 283 g/mol. The molecule has 2 N–H and O–H groups in total. The highest BCUT2D eigenvalue weighted by Crippen LogP contribution is 2.11. The van der Waals surface area contributed by atoms with Crippen LogP contribution in [0.5, 0.6) is 0 Å². The third kappa shape index (κ3) is 5.27. The van der Waals surface area contributed by atoms with Gasteiger partial charge in [0.05, 0.1) is 24.8 Å². The minimum atomic E-state index is -4.02. The van der Waals surface area contributed by atoms with Crippen LogP contribution < -0.4 is 9.44 Å². The van der Waals surface area contributed by atoms with E-state index < -0.39 is 16.3 Å². The molecule has 0 saturated carbocycles. The minimum absolute atomic E-state index is 0.0736. The van der Waals surface area contributed by atoms with E-state index >= 15 is 0 Å². The molecule has 7 nitrogen and oxygen atoms in total. The molecular weight excluding hydrogens is 270 g/mol. The van der Waals surface area contributed by atoms with Crippen molar-refractivity contribution in [1.29, 1.82) is 5.26 Å². The largest absolute Gasteiger partial charge is 0.449 e. The molecule has 0 atom stereocenters. The van der Waals surface area contributed by atoms with Crippen LogP contribution in [0.3, 0.4) is 0 Å². The molecule has 0 aliphatic heterocycles. The van der Waals surface area contributed by atoms with Crippen molar-refractivity contribution >= 4 is 22.0 Å². The predicted molar refractivity (Wildman–Crippen MR) is 68.5 cm³/mol. The SMILES string of the molecule is CCOC(=O)NS(=O)(=O)Nc1ccc(CC#N)cc1. The van der Waals surface area contributed by atoms with Crippen LogP contribution in [-0.4, -0.2) is 21.1 Å². The van der Waals surface area contributed by atoms with E-state index in [0.717, 1.165) is 5.56 Å². The van der Waals surface area contributed by atoms with Crippen molar-refractivity contribution in [3.05, 3.63) is 29.8 Å². The van der Waals surface area contributed by atoms with E-state index in [9.17, 15) is 13.2 Å². The Hall–Kier alpha value is -2.27. The number of hydrogen-bond donors (Lipinski definition) is 2. The Labute approximate surface area is 111 Å². The van der Waals surface area contributed by atoms with Crippen molar-refractivity contribution in [3.8, 4) is 6.07 Å². The minimum Gasteiger partial charge on any atom is -0.449 e. The summed E-state index contributed by atoms with van der Waals surface area (Å²) >= 11 is 0. The molecule has 0 aliphatic rings. The lowest BCUT2D eigenvalue weighted by molar-refractivity contribution is 0.159. The van der Waals surface area contributed by atoms with Crippen molar-refractivity contribution in [3.63, 3.8) is 0 Å². The molecule has 0 fully saturated rings. The second-order valence-electron chi connectivity index (χ2n) is 3.46.